The highest BCUT2D eigenvalue weighted by Gasteiger charge is 2.26. The van der Waals surface area contributed by atoms with E-state index in [2.05, 4.69) is 29.2 Å². The molecule has 1 saturated heterocycles. The summed E-state index contributed by atoms with van der Waals surface area (Å²) >= 11 is 0. The quantitative estimate of drug-likeness (QED) is 0.620. The Hall–Kier alpha value is -1.13. The lowest BCUT2D eigenvalue weighted by Gasteiger charge is -2.37. The number of aromatic nitrogens is 1. The SMILES string of the molecule is CC1(C)CCCN(Cc2cc(NN)ccn2)C1. The van der Waals surface area contributed by atoms with Gasteiger partial charge in [0, 0.05) is 19.3 Å². The van der Waals surface area contributed by atoms with Crippen molar-refractivity contribution in [2.75, 3.05) is 18.5 Å². The van der Waals surface area contributed by atoms with Crippen molar-refractivity contribution < 1.29 is 0 Å². The summed E-state index contributed by atoms with van der Waals surface area (Å²) in [6, 6.07) is 3.89. The van der Waals surface area contributed by atoms with Crippen LogP contribution >= 0.6 is 0 Å². The lowest BCUT2D eigenvalue weighted by atomic mass is 9.84. The van der Waals surface area contributed by atoms with Crippen LogP contribution in [0.15, 0.2) is 18.3 Å². The van der Waals surface area contributed by atoms with Crippen molar-refractivity contribution in [3.8, 4) is 0 Å². The molecule has 0 aliphatic carbocycles. The van der Waals surface area contributed by atoms with E-state index in [1.807, 2.05) is 12.1 Å². The van der Waals surface area contributed by atoms with Gasteiger partial charge in [-0.3, -0.25) is 15.7 Å². The number of nitrogens with two attached hydrogens (primary N) is 1. The Morgan fingerprint density at radius 3 is 3.06 bits per heavy atom. The Balaban J connectivity index is 2.00. The first kappa shape index (κ1) is 12.3. The number of piperidine rings is 1. The van der Waals surface area contributed by atoms with Gasteiger partial charge in [0.05, 0.1) is 11.4 Å². The zero-order valence-electron chi connectivity index (χ0n) is 10.7. The fourth-order valence-corrected chi connectivity index (χ4v) is 2.56. The summed E-state index contributed by atoms with van der Waals surface area (Å²) < 4.78 is 0. The van der Waals surface area contributed by atoms with Crippen molar-refractivity contribution in [1.82, 2.24) is 9.88 Å². The van der Waals surface area contributed by atoms with Crippen molar-refractivity contribution in [2.24, 2.45) is 11.3 Å². The van der Waals surface area contributed by atoms with Gasteiger partial charge in [-0.1, -0.05) is 13.8 Å². The molecule has 0 saturated carbocycles. The van der Waals surface area contributed by atoms with E-state index in [0.717, 1.165) is 24.5 Å². The highest BCUT2D eigenvalue weighted by atomic mass is 15.2. The van der Waals surface area contributed by atoms with Gasteiger partial charge in [-0.05, 0) is 36.9 Å². The number of hydrogen-bond donors (Lipinski definition) is 2. The molecule has 2 heterocycles. The van der Waals surface area contributed by atoms with Crippen LogP contribution in [0.4, 0.5) is 5.69 Å². The van der Waals surface area contributed by atoms with E-state index in [1.165, 1.54) is 19.4 Å². The standard InChI is InChI=1S/C13H22N4/c1-13(2)5-3-7-17(10-13)9-12-8-11(16-14)4-6-15-12/h4,6,8H,3,5,7,9-10,14H2,1-2H3,(H,15,16). The second-order valence-electron chi connectivity index (χ2n) is 5.66. The predicted octanol–water partition coefficient (Wildman–Crippen LogP) is 1.99. The summed E-state index contributed by atoms with van der Waals surface area (Å²) in [5.41, 5.74) is 5.10. The number of likely N-dealkylation sites (tertiary alicyclic amines) is 1. The zero-order valence-corrected chi connectivity index (χ0v) is 10.7. The molecule has 1 aromatic rings. The van der Waals surface area contributed by atoms with E-state index < -0.39 is 0 Å². The molecule has 3 N–H and O–H groups in total. The van der Waals surface area contributed by atoms with Gasteiger partial charge in [0.1, 0.15) is 0 Å². The first-order valence-corrected chi connectivity index (χ1v) is 6.23. The minimum absolute atomic E-state index is 0.433. The first-order valence-electron chi connectivity index (χ1n) is 6.23. The van der Waals surface area contributed by atoms with Gasteiger partial charge >= 0.3 is 0 Å². The summed E-state index contributed by atoms with van der Waals surface area (Å²) in [7, 11) is 0. The highest BCUT2D eigenvalue weighted by Crippen LogP contribution is 2.29. The van der Waals surface area contributed by atoms with Crippen LogP contribution in [-0.4, -0.2) is 23.0 Å². The summed E-state index contributed by atoms with van der Waals surface area (Å²) in [6.07, 6.45) is 4.41. The minimum atomic E-state index is 0.433. The molecular formula is C13H22N4. The topological polar surface area (TPSA) is 54.2 Å². The molecule has 0 unspecified atom stereocenters. The van der Waals surface area contributed by atoms with Crippen LogP contribution < -0.4 is 11.3 Å². The molecule has 4 nitrogen and oxygen atoms in total. The van der Waals surface area contributed by atoms with Crippen LogP contribution in [0.1, 0.15) is 32.4 Å². The summed E-state index contributed by atoms with van der Waals surface area (Å²) in [4.78, 5) is 6.87. The van der Waals surface area contributed by atoms with Crippen molar-refractivity contribution >= 4 is 5.69 Å². The van der Waals surface area contributed by atoms with Crippen molar-refractivity contribution in [2.45, 2.75) is 33.2 Å². The lowest BCUT2D eigenvalue weighted by Crippen LogP contribution is -2.39. The van der Waals surface area contributed by atoms with Gasteiger partial charge in [-0.15, -0.1) is 0 Å². The smallest absolute Gasteiger partial charge is 0.0564 e. The van der Waals surface area contributed by atoms with Crippen molar-refractivity contribution in [3.63, 3.8) is 0 Å². The third-order valence-electron chi connectivity index (χ3n) is 3.35. The Morgan fingerprint density at radius 1 is 1.53 bits per heavy atom. The largest absolute Gasteiger partial charge is 0.324 e. The molecule has 0 aromatic carbocycles. The van der Waals surface area contributed by atoms with Gasteiger partial charge in [0.25, 0.3) is 0 Å². The average Bonchev–Trinajstić information content (AvgIpc) is 2.28. The summed E-state index contributed by atoms with van der Waals surface area (Å²) in [5.74, 6) is 5.40. The van der Waals surface area contributed by atoms with Crippen LogP contribution in [0.5, 0.6) is 0 Å². The Morgan fingerprint density at radius 2 is 2.35 bits per heavy atom. The number of nitrogen functional groups attached to an aromatic ring is 1. The molecule has 1 aliphatic rings. The molecular weight excluding hydrogens is 212 g/mol. The van der Waals surface area contributed by atoms with E-state index in [0.29, 0.717) is 5.41 Å². The molecule has 1 aromatic heterocycles. The van der Waals surface area contributed by atoms with Gasteiger partial charge in [0.15, 0.2) is 0 Å². The van der Waals surface area contributed by atoms with Crippen LogP contribution in [0.2, 0.25) is 0 Å². The number of rotatable bonds is 3. The molecule has 0 amide bonds. The van der Waals surface area contributed by atoms with Gasteiger partial charge in [-0.2, -0.15) is 0 Å². The minimum Gasteiger partial charge on any atom is -0.324 e. The summed E-state index contributed by atoms with van der Waals surface area (Å²) in [6.45, 7) is 7.91. The Labute approximate surface area is 103 Å². The van der Waals surface area contributed by atoms with Crippen molar-refractivity contribution in [1.29, 1.82) is 0 Å². The molecule has 0 radical (unpaired) electrons. The third kappa shape index (κ3) is 3.41. The molecule has 2 rings (SSSR count). The van der Waals surface area contributed by atoms with E-state index in [-0.39, 0.29) is 0 Å². The maximum atomic E-state index is 5.40. The molecule has 17 heavy (non-hydrogen) atoms. The van der Waals surface area contributed by atoms with Crippen LogP contribution in [-0.2, 0) is 6.54 Å². The predicted molar refractivity (Wildman–Crippen MR) is 70.3 cm³/mol. The van der Waals surface area contributed by atoms with Gasteiger partial charge in [-0.25, -0.2) is 0 Å². The average molecular weight is 234 g/mol. The van der Waals surface area contributed by atoms with Gasteiger partial charge in [0.2, 0.25) is 0 Å². The number of hydrogen-bond acceptors (Lipinski definition) is 4. The number of hydrazine groups is 1. The second-order valence-corrected chi connectivity index (χ2v) is 5.66. The van der Waals surface area contributed by atoms with Crippen LogP contribution in [0, 0.1) is 5.41 Å². The molecule has 1 aliphatic heterocycles. The normalized spacial score (nSPS) is 20.2. The molecule has 0 atom stereocenters. The lowest BCUT2D eigenvalue weighted by molar-refractivity contribution is 0.110. The number of anilines is 1. The Bertz CT molecular complexity index is 375. The Kier molecular flexibility index (Phi) is 3.64. The van der Waals surface area contributed by atoms with E-state index in [9.17, 15) is 0 Å². The monoisotopic (exact) mass is 234 g/mol. The van der Waals surface area contributed by atoms with E-state index >= 15 is 0 Å². The maximum Gasteiger partial charge on any atom is 0.0564 e. The number of pyridine rings is 1. The molecule has 0 bridgehead atoms. The number of nitrogens with one attached hydrogen (secondary N) is 1. The molecule has 4 heteroatoms. The van der Waals surface area contributed by atoms with Crippen LogP contribution in [0.25, 0.3) is 0 Å². The van der Waals surface area contributed by atoms with Gasteiger partial charge < -0.3 is 5.43 Å². The van der Waals surface area contributed by atoms with E-state index in [4.69, 9.17) is 5.84 Å². The van der Waals surface area contributed by atoms with E-state index in [1.54, 1.807) is 6.20 Å². The summed E-state index contributed by atoms with van der Waals surface area (Å²) in [5, 5.41) is 0. The molecule has 94 valence electrons. The fraction of sp³-hybridized carbons (Fsp3) is 0.615. The molecule has 0 spiro atoms. The van der Waals surface area contributed by atoms with Crippen molar-refractivity contribution in [3.05, 3.63) is 24.0 Å². The maximum absolute atomic E-state index is 5.40. The first-order chi connectivity index (χ1) is 8.09. The third-order valence-corrected chi connectivity index (χ3v) is 3.35. The number of nitrogens with zero attached hydrogens (tertiary/aromatic N) is 2. The molecule has 1 fully saturated rings. The second kappa shape index (κ2) is 5.02. The van der Waals surface area contributed by atoms with Crippen LogP contribution in [0.3, 0.4) is 0 Å². The fourth-order valence-electron chi connectivity index (χ4n) is 2.56. The zero-order chi connectivity index (χ0) is 12.3. The highest BCUT2D eigenvalue weighted by molar-refractivity contribution is 5.41.